The van der Waals surface area contributed by atoms with Gasteiger partial charge in [0.1, 0.15) is 0 Å². The summed E-state index contributed by atoms with van der Waals surface area (Å²) >= 11 is 0. The van der Waals surface area contributed by atoms with E-state index < -0.39 is 0 Å². The van der Waals surface area contributed by atoms with Gasteiger partial charge in [-0.1, -0.05) is 0 Å². The van der Waals surface area contributed by atoms with E-state index in [0.717, 1.165) is 45.6 Å². The van der Waals surface area contributed by atoms with Crippen molar-refractivity contribution in [3.63, 3.8) is 0 Å². The molecule has 1 N–H and O–H groups in total. The molecule has 0 aromatic rings. The topological polar surface area (TPSA) is 41.6 Å². The molecule has 16 heavy (non-hydrogen) atoms. The summed E-state index contributed by atoms with van der Waals surface area (Å²) in [6, 6.07) is 0.0670. The van der Waals surface area contributed by atoms with Crippen molar-refractivity contribution in [1.82, 2.24) is 10.2 Å². The maximum atomic E-state index is 12.0. The molecule has 1 amide bonds. The first kappa shape index (κ1) is 13.7. The Bertz CT molecular complexity index is 226. The number of ether oxygens (including phenoxy) is 1. The second-order valence-electron chi connectivity index (χ2n) is 4.60. The number of likely N-dealkylation sites (N-methyl/N-ethyl adjacent to an activating group) is 1. The number of hydrogen-bond donors (Lipinski definition) is 1. The van der Waals surface area contributed by atoms with Crippen LogP contribution < -0.4 is 5.32 Å². The lowest BCUT2D eigenvalue weighted by atomic mass is 10.1. The van der Waals surface area contributed by atoms with Crippen molar-refractivity contribution in [3.05, 3.63) is 0 Å². The van der Waals surface area contributed by atoms with Gasteiger partial charge in [-0.25, -0.2) is 0 Å². The highest BCUT2D eigenvalue weighted by atomic mass is 35.5. The minimum absolute atomic E-state index is 0. The average molecular weight is 249 g/mol. The highest BCUT2D eigenvalue weighted by Crippen LogP contribution is 2.15. The van der Waals surface area contributed by atoms with Crippen LogP contribution in [-0.2, 0) is 9.53 Å². The zero-order valence-electron chi connectivity index (χ0n) is 9.78. The van der Waals surface area contributed by atoms with Gasteiger partial charge in [-0.2, -0.15) is 0 Å². The number of nitrogens with zero attached hydrogens (tertiary/aromatic N) is 1. The van der Waals surface area contributed by atoms with Crippen LogP contribution in [0.5, 0.6) is 0 Å². The van der Waals surface area contributed by atoms with Gasteiger partial charge in [0.05, 0.1) is 12.6 Å². The van der Waals surface area contributed by atoms with Gasteiger partial charge >= 0.3 is 0 Å². The molecule has 2 fully saturated rings. The van der Waals surface area contributed by atoms with Gasteiger partial charge < -0.3 is 15.0 Å². The molecule has 5 heteroatoms. The molecule has 0 aliphatic carbocycles. The smallest absolute Gasteiger partial charge is 0.239 e. The molecule has 2 rings (SSSR count). The predicted octanol–water partition coefficient (Wildman–Crippen LogP) is 0.655. The Morgan fingerprint density at radius 2 is 2.31 bits per heavy atom. The zero-order chi connectivity index (χ0) is 10.7. The molecule has 2 aliphatic heterocycles. The van der Waals surface area contributed by atoms with E-state index in [1.165, 1.54) is 0 Å². The van der Waals surface area contributed by atoms with Gasteiger partial charge in [0.15, 0.2) is 0 Å². The number of carbonyl (C=O) groups excluding carboxylic acids is 1. The highest BCUT2D eigenvalue weighted by Gasteiger charge is 2.27. The summed E-state index contributed by atoms with van der Waals surface area (Å²) in [6.07, 6.45) is 3.21. The van der Waals surface area contributed by atoms with Crippen molar-refractivity contribution in [2.24, 2.45) is 5.92 Å². The van der Waals surface area contributed by atoms with Crippen molar-refractivity contribution in [3.8, 4) is 0 Å². The van der Waals surface area contributed by atoms with Crippen LogP contribution in [0, 0.1) is 5.92 Å². The first-order chi connectivity index (χ1) is 7.27. The molecule has 94 valence electrons. The Hall–Kier alpha value is -0.320. The van der Waals surface area contributed by atoms with E-state index in [-0.39, 0.29) is 24.4 Å². The standard InChI is InChI=1S/C11H20N2O2.ClH/c1-13(7-9-4-6-15-8-9)11(14)10-3-2-5-12-10;/h9-10,12H,2-8H2,1H3;1H. The largest absolute Gasteiger partial charge is 0.381 e. The monoisotopic (exact) mass is 248 g/mol. The Morgan fingerprint density at radius 1 is 1.50 bits per heavy atom. The van der Waals surface area contributed by atoms with Crippen LogP contribution in [0.1, 0.15) is 19.3 Å². The fraction of sp³-hybridized carbons (Fsp3) is 0.909. The summed E-state index contributed by atoms with van der Waals surface area (Å²) in [7, 11) is 1.90. The van der Waals surface area contributed by atoms with Gasteiger partial charge in [-0.15, -0.1) is 12.4 Å². The summed E-state index contributed by atoms with van der Waals surface area (Å²) in [5.74, 6) is 0.791. The van der Waals surface area contributed by atoms with Crippen LogP contribution in [0.25, 0.3) is 0 Å². The zero-order valence-corrected chi connectivity index (χ0v) is 10.6. The number of nitrogens with one attached hydrogen (secondary N) is 1. The first-order valence-corrected chi connectivity index (χ1v) is 5.83. The number of hydrogen-bond acceptors (Lipinski definition) is 3. The Labute approximate surface area is 103 Å². The SMILES string of the molecule is CN(CC1CCOC1)C(=O)C1CCCN1.Cl. The normalized spacial score (nSPS) is 28.8. The number of halogens is 1. The molecule has 2 saturated heterocycles. The summed E-state index contributed by atoms with van der Waals surface area (Å²) < 4.78 is 5.31. The first-order valence-electron chi connectivity index (χ1n) is 5.83. The molecule has 0 bridgehead atoms. The second kappa shape index (κ2) is 6.42. The van der Waals surface area contributed by atoms with E-state index in [9.17, 15) is 4.79 Å². The quantitative estimate of drug-likeness (QED) is 0.798. The number of amides is 1. The van der Waals surface area contributed by atoms with E-state index in [2.05, 4.69) is 5.32 Å². The lowest BCUT2D eigenvalue weighted by Crippen LogP contribution is -2.43. The molecule has 0 spiro atoms. The Balaban J connectivity index is 0.00000128. The number of carbonyl (C=O) groups is 1. The summed E-state index contributed by atoms with van der Waals surface area (Å²) in [4.78, 5) is 13.8. The van der Waals surface area contributed by atoms with Crippen LogP contribution in [0.2, 0.25) is 0 Å². The van der Waals surface area contributed by atoms with Gasteiger partial charge in [-0.3, -0.25) is 4.79 Å². The molecule has 0 aromatic carbocycles. The summed E-state index contributed by atoms with van der Waals surface area (Å²) in [5.41, 5.74) is 0. The molecule has 2 unspecified atom stereocenters. The van der Waals surface area contributed by atoms with Crippen molar-refractivity contribution >= 4 is 18.3 Å². The lowest BCUT2D eigenvalue weighted by Gasteiger charge is -2.23. The van der Waals surface area contributed by atoms with Crippen molar-refractivity contribution in [1.29, 1.82) is 0 Å². The summed E-state index contributed by atoms with van der Waals surface area (Å²) in [5, 5.41) is 3.24. The molecule has 0 saturated carbocycles. The van der Waals surface area contributed by atoms with Crippen molar-refractivity contribution < 1.29 is 9.53 Å². The van der Waals surface area contributed by atoms with E-state index >= 15 is 0 Å². The number of rotatable bonds is 3. The maximum absolute atomic E-state index is 12.0. The molecule has 2 aliphatic rings. The van der Waals surface area contributed by atoms with Gasteiger partial charge in [-0.05, 0) is 25.8 Å². The molecular weight excluding hydrogens is 228 g/mol. The third-order valence-electron chi connectivity index (χ3n) is 3.29. The van der Waals surface area contributed by atoms with E-state index in [1.54, 1.807) is 0 Å². The van der Waals surface area contributed by atoms with Crippen LogP contribution in [0.3, 0.4) is 0 Å². The average Bonchev–Trinajstić information content (AvgIpc) is 2.88. The third kappa shape index (κ3) is 3.34. The van der Waals surface area contributed by atoms with Crippen LogP contribution in [0.4, 0.5) is 0 Å². The van der Waals surface area contributed by atoms with Crippen LogP contribution in [-0.4, -0.2) is 50.2 Å². The van der Waals surface area contributed by atoms with E-state index in [4.69, 9.17) is 4.74 Å². The van der Waals surface area contributed by atoms with Crippen molar-refractivity contribution in [2.45, 2.75) is 25.3 Å². The van der Waals surface area contributed by atoms with Gasteiger partial charge in [0.25, 0.3) is 0 Å². The predicted molar refractivity (Wildman–Crippen MR) is 64.8 cm³/mol. The third-order valence-corrected chi connectivity index (χ3v) is 3.29. The highest BCUT2D eigenvalue weighted by molar-refractivity contribution is 5.85. The van der Waals surface area contributed by atoms with Crippen LogP contribution >= 0.6 is 12.4 Å². The minimum Gasteiger partial charge on any atom is -0.381 e. The minimum atomic E-state index is 0. The van der Waals surface area contributed by atoms with E-state index in [1.807, 2.05) is 11.9 Å². The second-order valence-corrected chi connectivity index (χ2v) is 4.60. The lowest BCUT2D eigenvalue weighted by molar-refractivity contribution is -0.132. The van der Waals surface area contributed by atoms with Gasteiger partial charge in [0, 0.05) is 26.1 Å². The molecular formula is C11H21ClN2O2. The Kier molecular flexibility index (Phi) is 5.52. The summed E-state index contributed by atoms with van der Waals surface area (Å²) in [6.45, 7) is 3.50. The van der Waals surface area contributed by atoms with Gasteiger partial charge in [0.2, 0.25) is 5.91 Å². The maximum Gasteiger partial charge on any atom is 0.239 e. The van der Waals surface area contributed by atoms with E-state index in [0.29, 0.717) is 5.92 Å². The fourth-order valence-corrected chi connectivity index (χ4v) is 2.37. The van der Waals surface area contributed by atoms with Crippen molar-refractivity contribution in [2.75, 3.05) is 33.4 Å². The fourth-order valence-electron chi connectivity index (χ4n) is 2.37. The molecule has 2 atom stereocenters. The Morgan fingerprint density at radius 3 is 2.88 bits per heavy atom. The molecule has 2 heterocycles. The molecule has 4 nitrogen and oxygen atoms in total. The molecule has 0 aromatic heterocycles. The van der Waals surface area contributed by atoms with Crippen LogP contribution in [0.15, 0.2) is 0 Å². The molecule has 0 radical (unpaired) electrons.